The first-order chi connectivity index (χ1) is 9.08. The molecule has 2 rings (SSSR count). The van der Waals surface area contributed by atoms with E-state index >= 15 is 0 Å². The van der Waals surface area contributed by atoms with Crippen LogP contribution < -0.4 is 0 Å². The van der Waals surface area contributed by atoms with Gasteiger partial charge in [-0.25, -0.2) is 4.39 Å². The minimum atomic E-state index is -2.48. The van der Waals surface area contributed by atoms with E-state index in [1.54, 1.807) is 30.3 Å². The van der Waals surface area contributed by atoms with E-state index in [2.05, 4.69) is 6.58 Å². The van der Waals surface area contributed by atoms with Crippen LogP contribution in [-0.4, -0.2) is 35.7 Å². The van der Waals surface area contributed by atoms with Gasteiger partial charge in [0.15, 0.2) is 0 Å². The topological polar surface area (TPSA) is 46.6 Å². The van der Waals surface area contributed by atoms with Crippen molar-refractivity contribution in [2.75, 3.05) is 13.2 Å². The number of halogens is 1. The highest BCUT2D eigenvalue weighted by Crippen LogP contribution is 2.26. The van der Waals surface area contributed by atoms with E-state index in [1.165, 1.54) is 6.08 Å². The summed E-state index contributed by atoms with van der Waals surface area (Å²) in [7, 11) is 0. The van der Waals surface area contributed by atoms with Gasteiger partial charge in [-0.2, -0.15) is 0 Å². The number of nitrogens with zero attached hydrogens (tertiary/aromatic N) is 1. The minimum absolute atomic E-state index is 0.0192. The van der Waals surface area contributed by atoms with Gasteiger partial charge < -0.3 is 4.74 Å². The van der Waals surface area contributed by atoms with Crippen LogP contribution >= 0.6 is 0 Å². The number of rotatable bonds is 3. The summed E-state index contributed by atoms with van der Waals surface area (Å²) in [6.07, 6.45) is 0.985. The van der Waals surface area contributed by atoms with Crippen LogP contribution in [0.25, 0.3) is 0 Å². The molecule has 1 atom stereocenters. The van der Waals surface area contributed by atoms with E-state index in [1.807, 2.05) is 0 Å². The standard InChI is InChI=1S/C14H14FNO3/c1-2-8-14(15)13(18)16(9-10-19-14)12(17)11-6-4-3-5-7-11/h2-7H,1,8-10H2/t14-/m0/s1. The van der Waals surface area contributed by atoms with Gasteiger partial charge in [0.25, 0.3) is 17.7 Å². The summed E-state index contributed by atoms with van der Waals surface area (Å²) in [5.74, 6) is -3.96. The fourth-order valence-electron chi connectivity index (χ4n) is 1.93. The SMILES string of the molecule is C=CC[C@]1(F)OCCN(C(=O)c2ccccc2)C1=O. The zero-order chi connectivity index (χ0) is 13.9. The summed E-state index contributed by atoms with van der Waals surface area (Å²) in [6, 6.07) is 8.29. The summed E-state index contributed by atoms with van der Waals surface area (Å²) in [5.41, 5.74) is 0.346. The third kappa shape index (κ3) is 2.56. The predicted molar refractivity (Wildman–Crippen MR) is 67.1 cm³/mol. The molecule has 1 saturated heterocycles. The average Bonchev–Trinajstić information content (AvgIpc) is 2.43. The van der Waals surface area contributed by atoms with Gasteiger partial charge in [0, 0.05) is 12.0 Å². The Hall–Kier alpha value is -2.01. The second-order valence-corrected chi connectivity index (χ2v) is 4.20. The lowest BCUT2D eigenvalue weighted by Gasteiger charge is -2.34. The van der Waals surface area contributed by atoms with Crippen molar-refractivity contribution in [3.63, 3.8) is 0 Å². The highest BCUT2D eigenvalue weighted by molar-refractivity contribution is 6.06. The molecule has 2 amide bonds. The predicted octanol–water partition coefficient (Wildman–Crippen LogP) is 1.93. The number of morpholine rings is 1. The molecule has 0 saturated carbocycles. The molecule has 1 aromatic rings. The summed E-state index contributed by atoms with van der Waals surface area (Å²) in [4.78, 5) is 25.1. The molecular formula is C14H14FNO3. The number of alkyl halides is 1. The Morgan fingerprint density at radius 2 is 2.16 bits per heavy atom. The normalized spacial score (nSPS) is 23.2. The maximum absolute atomic E-state index is 14.3. The van der Waals surface area contributed by atoms with E-state index in [0.29, 0.717) is 5.56 Å². The third-order valence-corrected chi connectivity index (χ3v) is 2.88. The van der Waals surface area contributed by atoms with Crippen LogP contribution in [0.15, 0.2) is 43.0 Å². The number of amides is 2. The average molecular weight is 263 g/mol. The second kappa shape index (κ2) is 5.32. The summed E-state index contributed by atoms with van der Waals surface area (Å²) < 4.78 is 19.1. The summed E-state index contributed by atoms with van der Waals surface area (Å²) in [5, 5.41) is 0. The van der Waals surface area contributed by atoms with Crippen molar-refractivity contribution >= 4 is 11.8 Å². The molecule has 1 fully saturated rings. The van der Waals surface area contributed by atoms with E-state index in [4.69, 9.17) is 4.74 Å². The Labute approximate surface area is 110 Å². The van der Waals surface area contributed by atoms with Crippen LogP contribution in [0.3, 0.4) is 0 Å². The molecule has 1 heterocycles. The first-order valence-corrected chi connectivity index (χ1v) is 5.93. The molecule has 0 N–H and O–H groups in total. The quantitative estimate of drug-likeness (QED) is 0.618. The molecule has 0 bridgehead atoms. The van der Waals surface area contributed by atoms with Crippen molar-refractivity contribution < 1.29 is 18.7 Å². The molecule has 0 unspecified atom stereocenters. The number of imide groups is 1. The minimum Gasteiger partial charge on any atom is -0.336 e. The first kappa shape index (κ1) is 13.4. The number of benzene rings is 1. The first-order valence-electron chi connectivity index (χ1n) is 5.93. The van der Waals surface area contributed by atoms with Gasteiger partial charge >= 0.3 is 0 Å². The highest BCUT2D eigenvalue weighted by atomic mass is 19.2. The zero-order valence-electron chi connectivity index (χ0n) is 10.3. The molecule has 0 spiro atoms. The Morgan fingerprint density at radius 1 is 1.47 bits per heavy atom. The van der Waals surface area contributed by atoms with Gasteiger partial charge in [-0.1, -0.05) is 24.3 Å². The molecule has 4 nitrogen and oxygen atoms in total. The van der Waals surface area contributed by atoms with Crippen molar-refractivity contribution in [2.24, 2.45) is 0 Å². The van der Waals surface area contributed by atoms with Crippen molar-refractivity contribution in [3.8, 4) is 0 Å². The molecule has 0 aliphatic carbocycles. The van der Waals surface area contributed by atoms with Crippen molar-refractivity contribution in [2.45, 2.75) is 12.3 Å². The van der Waals surface area contributed by atoms with E-state index in [9.17, 15) is 14.0 Å². The van der Waals surface area contributed by atoms with Gasteiger partial charge in [-0.3, -0.25) is 14.5 Å². The van der Waals surface area contributed by atoms with Crippen LogP contribution in [0, 0.1) is 0 Å². The van der Waals surface area contributed by atoms with Gasteiger partial charge in [-0.05, 0) is 12.1 Å². The summed E-state index contributed by atoms with van der Waals surface area (Å²) in [6.45, 7) is 3.42. The lowest BCUT2D eigenvalue weighted by atomic mass is 10.1. The molecule has 19 heavy (non-hydrogen) atoms. The number of hydrogen-bond acceptors (Lipinski definition) is 3. The van der Waals surface area contributed by atoms with Gasteiger partial charge in [0.2, 0.25) is 0 Å². The van der Waals surface area contributed by atoms with Crippen molar-refractivity contribution in [3.05, 3.63) is 48.6 Å². The maximum Gasteiger partial charge on any atom is 0.295 e. The van der Waals surface area contributed by atoms with Gasteiger partial charge in [-0.15, -0.1) is 6.58 Å². The lowest BCUT2D eigenvalue weighted by molar-refractivity contribution is -0.198. The monoisotopic (exact) mass is 263 g/mol. The van der Waals surface area contributed by atoms with E-state index in [0.717, 1.165) is 4.90 Å². The number of carbonyl (C=O) groups is 2. The Kier molecular flexibility index (Phi) is 3.76. The van der Waals surface area contributed by atoms with Crippen LogP contribution in [0.2, 0.25) is 0 Å². The van der Waals surface area contributed by atoms with Crippen LogP contribution in [0.1, 0.15) is 16.8 Å². The van der Waals surface area contributed by atoms with Crippen molar-refractivity contribution in [1.82, 2.24) is 4.90 Å². The summed E-state index contributed by atoms with van der Waals surface area (Å²) >= 11 is 0. The van der Waals surface area contributed by atoms with Gasteiger partial charge in [0.05, 0.1) is 13.2 Å². The Balaban J connectivity index is 2.23. The highest BCUT2D eigenvalue weighted by Gasteiger charge is 2.47. The molecule has 0 aromatic heterocycles. The second-order valence-electron chi connectivity index (χ2n) is 4.20. The number of ether oxygens (including phenoxy) is 1. The molecule has 1 aliphatic rings. The van der Waals surface area contributed by atoms with Crippen molar-refractivity contribution in [1.29, 1.82) is 0 Å². The molecule has 1 aliphatic heterocycles. The van der Waals surface area contributed by atoms with Gasteiger partial charge in [0.1, 0.15) is 0 Å². The smallest absolute Gasteiger partial charge is 0.295 e. The lowest BCUT2D eigenvalue weighted by Crippen LogP contribution is -2.56. The Bertz CT molecular complexity index is 503. The van der Waals surface area contributed by atoms with Crippen LogP contribution in [-0.2, 0) is 9.53 Å². The maximum atomic E-state index is 14.3. The molecule has 100 valence electrons. The zero-order valence-corrected chi connectivity index (χ0v) is 10.3. The molecule has 0 radical (unpaired) electrons. The van der Waals surface area contributed by atoms with E-state index in [-0.39, 0.29) is 19.6 Å². The number of hydrogen-bond donors (Lipinski definition) is 0. The third-order valence-electron chi connectivity index (χ3n) is 2.88. The Morgan fingerprint density at radius 3 is 2.79 bits per heavy atom. The van der Waals surface area contributed by atoms with Crippen LogP contribution in [0.4, 0.5) is 4.39 Å². The molecule has 1 aromatic carbocycles. The van der Waals surface area contributed by atoms with E-state index < -0.39 is 17.7 Å². The fourth-order valence-corrected chi connectivity index (χ4v) is 1.93. The van der Waals surface area contributed by atoms with Crippen LogP contribution in [0.5, 0.6) is 0 Å². The molecular weight excluding hydrogens is 249 g/mol. The molecule has 5 heteroatoms. The number of carbonyl (C=O) groups excluding carboxylic acids is 2. The largest absolute Gasteiger partial charge is 0.336 e. The fraction of sp³-hybridized carbons (Fsp3) is 0.286.